The first kappa shape index (κ1) is 25.0. The van der Waals surface area contributed by atoms with Crippen molar-refractivity contribution < 1.29 is 19.1 Å². The molecule has 5 rings (SSSR count). The van der Waals surface area contributed by atoms with Crippen molar-refractivity contribution in [2.75, 3.05) is 0 Å². The van der Waals surface area contributed by atoms with E-state index in [0.717, 1.165) is 21.5 Å². The third-order valence-electron chi connectivity index (χ3n) is 6.02. The molecule has 0 unspecified atom stereocenters. The first-order valence-electron chi connectivity index (χ1n) is 12.0. The molecule has 38 heavy (non-hydrogen) atoms. The van der Waals surface area contributed by atoms with Crippen molar-refractivity contribution in [3.8, 4) is 11.5 Å². The van der Waals surface area contributed by atoms with Crippen LogP contribution in [-0.4, -0.2) is 24.2 Å². The van der Waals surface area contributed by atoms with Gasteiger partial charge in [0.2, 0.25) is 0 Å². The highest BCUT2D eigenvalue weighted by atomic mass is 35.5. The maximum Gasteiger partial charge on any atom is 0.345 e. The number of nitrogens with one attached hydrogen (secondary N) is 1. The Kier molecular flexibility index (Phi) is 7.33. The molecule has 0 radical (unpaired) electrons. The fraction of sp³-hybridized carbons (Fsp3) is 0.0645. The molecule has 0 saturated heterocycles. The van der Waals surface area contributed by atoms with Crippen LogP contribution in [0.1, 0.15) is 22.8 Å². The largest absolute Gasteiger partial charge is 0.480 e. The van der Waals surface area contributed by atoms with Crippen LogP contribution in [-0.2, 0) is 4.79 Å². The Labute approximate surface area is 224 Å². The highest BCUT2D eigenvalue weighted by Gasteiger charge is 2.17. The molecule has 0 saturated carbocycles. The number of esters is 1. The molecular weight excluding hydrogens is 500 g/mol. The van der Waals surface area contributed by atoms with Crippen LogP contribution >= 0.6 is 11.6 Å². The van der Waals surface area contributed by atoms with E-state index in [0.29, 0.717) is 16.3 Å². The van der Waals surface area contributed by atoms with Gasteiger partial charge in [-0.05, 0) is 47.3 Å². The van der Waals surface area contributed by atoms with E-state index in [2.05, 4.69) is 10.5 Å². The van der Waals surface area contributed by atoms with Crippen molar-refractivity contribution in [3.05, 3.63) is 119 Å². The number of ether oxygens (including phenoxy) is 2. The van der Waals surface area contributed by atoms with Crippen molar-refractivity contribution in [1.82, 2.24) is 5.43 Å². The third kappa shape index (κ3) is 5.36. The maximum absolute atomic E-state index is 12.8. The van der Waals surface area contributed by atoms with E-state index in [1.807, 2.05) is 72.8 Å². The molecule has 0 aliphatic rings. The van der Waals surface area contributed by atoms with Gasteiger partial charge in [-0.15, -0.1) is 0 Å². The van der Waals surface area contributed by atoms with Gasteiger partial charge in [-0.3, -0.25) is 4.79 Å². The number of hydrogen-bond acceptors (Lipinski definition) is 5. The Morgan fingerprint density at radius 2 is 1.45 bits per heavy atom. The van der Waals surface area contributed by atoms with Crippen LogP contribution < -0.4 is 14.9 Å². The fourth-order valence-corrected chi connectivity index (χ4v) is 4.29. The second kappa shape index (κ2) is 11.2. The summed E-state index contributed by atoms with van der Waals surface area (Å²) >= 11 is 6.17. The minimum atomic E-state index is -0.803. The summed E-state index contributed by atoms with van der Waals surface area (Å²) in [7, 11) is 0. The molecule has 1 N–H and O–H groups in total. The van der Waals surface area contributed by atoms with E-state index >= 15 is 0 Å². The monoisotopic (exact) mass is 522 g/mol. The zero-order valence-electron chi connectivity index (χ0n) is 20.4. The normalized spacial score (nSPS) is 11.9. The van der Waals surface area contributed by atoms with Crippen LogP contribution in [0.15, 0.2) is 108 Å². The first-order chi connectivity index (χ1) is 18.5. The number of halogens is 1. The average Bonchev–Trinajstić information content (AvgIpc) is 2.94. The Bertz CT molecular complexity index is 1680. The number of rotatable bonds is 7. The molecule has 1 atom stereocenters. The fourth-order valence-electron chi connectivity index (χ4n) is 4.07. The highest BCUT2D eigenvalue weighted by Crippen LogP contribution is 2.29. The molecule has 0 heterocycles. The number of carbonyl (C=O) groups excluding carboxylic acids is 2. The minimum Gasteiger partial charge on any atom is -0.480 e. The van der Waals surface area contributed by atoms with E-state index in [1.54, 1.807) is 37.3 Å². The molecule has 6 nitrogen and oxygen atoms in total. The Morgan fingerprint density at radius 3 is 2.24 bits per heavy atom. The van der Waals surface area contributed by atoms with Crippen molar-refractivity contribution >= 4 is 51.2 Å². The zero-order valence-corrected chi connectivity index (χ0v) is 21.2. The first-order valence-corrected chi connectivity index (χ1v) is 12.3. The van der Waals surface area contributed by atoms with E-state index in [4.69, 9.17) is 21.1 Å². The summed E-state index contributed by atoms with van der Waals surface area (Å²) in [6.45, 7) is 1.65. The van der Waals surface area contributed by atoms with Crippen molar-refractivity contribution in [2.24, 2.45) is 5.10 Å². The molecule has 0 bridgehead atoms. The Morgan fingerprint density at radius 1 is 0.789 bits per heavy atom. The van der Waals surface area contributed by atoms with Crippen molar-refractivity contribution in [3.63, 3.8) is 0 Å². The number of hydrogen-bond donors (Lipinski definition) is 1. The Hall–Kier alpha value is -4.68. The summed E-state index contributed by atoms with van der Waals surface area (Å²) in [6, 6.07) is 31.3. The summed E-state index contributed by atoms with van der Waals surface area (Å²) < 4.78 is 11.6. The molecule has 7 heteroatoms. The SMILES string of the molecule is C[C@H](Oc1cccc2ccccc12)C(=O)N/N=C\c1c(OC(=O)c2ccccc2Cl)ccc2ccccc12. The number of amides is 1. The summed E-state index contributed by atoms with van der Waals surface area (Å²) in [6.07, 6.45) is 0.656. The van der Waals surface area contributed by atoms with Gasteiger partial charge in [0.15, 0.2) is 6.10 Å². The molecule has 0 spiro atoms. The van der Waals surface area contributed by atoms with E-state index in [9.17, 15) is 9.59 Å². The van der Waals surface area contributed by atoms with Crippen LogP contribution in [0.5, 0.6) is 11.5 Å². The Balaban J connectivity index is 1.36. The lowest BCUT2D eigenvalue weighted by Crippen LogP contribution is -2.33. The minimum absolute atomic E-state index is 0.248. The van der Waals surface area contributed by atoms with Gasteiger partial charge in [-0.25, -0.2) is 10.2 Å². The molecule has 5 aromatic rings. The summed E-state index contributed by atoms with van der Waals surface area (Å²) in [5, 5.41) is 8.10. The van der Waals surface area contributed by atoms with E-state index in [-0.39, 0.29) is 11.3 Å². The molecule has 0 aromatic heterocycles. The van der Waals surface area contributed by atoms with Gasteiger partial charge in [-0.1, -0.05) is 90.5 Å². The zero-order chi connectivity index (χ0) is 26.5. The van der Waals surface area contributed by atoms with Crippen LogP contribution in [0, 0.1) is 0 Å². The summed E-state index contributed by atoms with van der Waals surface area (Å²) in [5.74, 6) is -0.130. The van der Waals surface area contributed by atoms with Gasteiger partial charge in [0, 0.05) is 10.9 Å². The molecule has 0 fully saturated rings. The quantitative estimate of drug-likeness (QED) is 0.111. The van der Waals surface area contributed by atoms with Gasteiger partial charge < -0.3 is 9.47 Å². The van der Waals surface area contributed by atoms with Crippen LogP contribution in [0.25, 0.3) is 21.5 Å². The second-order valence-corrected chi connectivity index (χ2v) is 8.95. The predicted octanol–water partition coefficient (Wildman–Crippen LogP) is 6.78. The molecule has 5 aromatic carbocycles. The van der Waals surface area contributed by atoms with Crippen LogP contribution in [0.4, 0.5) is 0 Å². The van der Waals surface area contributed by atoms with Gasteiger partial charge in [0.25, 0.3) is 5.91 Å². The van der Waals surface area contributed by atoms with Crippen LogP contribution in [0.3, 0.4) is 0 Å². The molecule has 1 amide bonds. The molecule has 188 valence electrons. The smallest absolute Gasteiger partial charge is 0.345 e. The molecule has 0 aliphatic heterocycles. The summed E-state index contributed by atoms with van der Waals surface area (Å²) in [5.41, 5.74) is 3.31. The number of hydrazone groups is 1. The number of carbonyl (C=O) groups is 2. The lowest BCUT2D eigenvalue weighted by molar-refractivity contribution is -0.127. The maximum atomic E-state index is 12.8. The lowest BCUT2D eigenvalue weighted by atomic mass is 10.0. The van der Waals surface area contributed by atoms with Crippen molar-refractivity contribution in [2.45, 2.75) is 13.0 Å². The number of nitrogens with zero attached hydrogens (tertiary/aromatic N) is 1. The van der Waals surface area contributed by atoms with Gasteiger partial charge in [-0.2, -0.15) is 5.10 Å². The number of fused-ring (bicyclic) bond motifs is 2. The predicted molar refractivity (Wildman–Crippen MR) is 150 cm³/mol. The number of benzene rings is 5. The molecular formula is C31H23ClN2O4. The topological polar surface area (TPSA) is 77.0 Å². The lowest BCUT2D eigenvalue weighted by Gasteiger charge is -2.15. The van der Waals surface area contributed by atoms with Gasteiger partial charge in [0.05, 0.1) is 16.8 Å². The highest BCUT2D eigenvalue weighted by molar-refractivity contribution is 6.33. The van der Waals surface area contributed by atoms with E-state index < -0.39 is 18.0 Å². The van der Waals surface area contributed by atoms with Crippen LogP contribution in [0.2, 0.25) is 5.02 Å². The van der Waals surface area contributed by atoms with E-state index in [1.165, 1.54) is 6.21 Å². The second-order valence-electron chi connectivity index (χ2n) is 8.54. The third-order valence-corrected chi connectivity index (χ3v) is 6.35. The summed E-state index contributed by atoms with van der Waals surface area (Å²) in [4.78, 5) is 25.6. The average molecular weight is 523 g/mol. The molecule has 0 aliphatic carbocycles. The van der Waals surface area contributed by atoms with Crippen molar-refractivity contribution in [1.29, 1.82) is 0 Å². The van der Waals surface area contributed by atoms with Gasteiger partial charge >= 0.3 is 5.97 Å². The standard InChI is InChI=1S/C31H23ClN2O4/c1-20(37-28-16-8-11-21-9-3-5-13-24(21)28)30(35)34-33-19-26-23-12-4-2-10-22(23)17-18-29(26)38-31(36)25-14-6-7-15-27(25)32/h2-20H,1H3,(H,34,35)/b33-19-/t20-/m0/s1. The van der Waals surface area contributed by atoms with Gasteiger partial charge in [0.1, 0.15) is 11.5 Å².